The van der Waals surface area contributed by atoms with Crippen LogP contribution in [0.4, 0.5) is 0 Å². The van der Waals surface area contributed by atoms with E-state index in [1.807, 2.05) is 33.8 Å². The average molecular weight is 574 g/mol. The topological polar surface area (TPSA) is 160 Å². The van der Waals surface area contributed by atoms with Gasteiger partial charge in [-0.2, -0.15) is 0 Å². The number of nitrogens with zero attached hydrogens (tertiary/aromatic N) is 1. The van der Waals surface area contributed by atoms with Crippen LogP contribution >= 0.6 is 0 Å². The van der Waals surface area contributed by atoms with E-state index in [9.17, 15) is 30.0 Å². The van der Waals surface area contributed by atoms with E-state index < -0.39 is 36.4 Å². The summed E-state index contributed by atoms with van der Waals surface area (Å²) in [5.41, 5.74) is 3.63. The number of hydrogen-bond donors (Lipinski definition) is 4. The van der Waals surface area contributed by atoms with Crippen molar-refractivity contribution >= 4 is 24.1 Å². The minimum Gasteiger partial charge on any atom is -0.469 e. The molecule has 226 valence electrons. The van der Waals surface area contributed by atoms with E-state index in [1.165, 1.54) is 26.4 Å². The van der Waals surface area contributed by atoms with Gasteiger partial charge in [-0.05, 0) is 24.0 Å². The highest BCUT2D eigenvalue weighted by Gasteiger charge is 2.24. The summed E-state index contributed by atoms with van der Waals surface area (Å²) in [5.74, 6) is -0.586. The van der Waals surface area contributed by atoms with Crippen molar-refractivity contribution in [2.24, 2.45) is 0 Å². The summed E-state index contributed by atoms with van der Waals surface area (Å²) in [6, 6.07) is 3.57. The predicted molar refractivity (Wildman–Crippen MR) is 155 cm³/mol. The lowest BCUT2D eigenvalue weighted by Gasteiger charge is -2.22. The Balaban J connectivity index is 2.58. The van der Waals surface area contributed by atoms with Crippen LogP contribution in [0, 0.1) is 0 Å². The fourth-order valence-electron chi connectivity index (χ4n) is 4.40. The molecule has 0 radical (unpaired) electrons. The number of carbonyl (C=O) groups is 2. The second kappa shape index (κ2) is 16.2. The van der Waals surface area contributed by atoms with Crippen molar-refractivity contribution in [1.82, 2.24) is 4.98 Å². The van der Waals surface area contributed by atoms with E-state index in [0.717, 1.165) is 11.4 Å². The molecule has 0 fully saturated rings. The van der Waals surface area contributed by atoms with Crippen LogP contribution in [0.15, 0.2) is 35.0 Å². The standard InChI is InChI=1S/C31H43NO9/c1-18(2)30-24(11-9-20(33)14-22(35)16-27(37)39-5)29(26-8-7-13-41-26)25(31(32-30)19(3)4)12-10-21(34)15-23(36)17-28(38)40-6/h7-13,18-23,33-36H,14-17H2,1-6H3/b11-9+,12-10+. The number of carbonyl (C=O) groups excluding carboxylic acids is 2. The normalized spacial score (nSPS) is 15.0. The quantitative estimate of drug-likeness (QED) is 0.230. The fourth-order valence-corrected chi connectivity index (χ4v) is 4.40. The fraction of sp³-hybridized carbons (Fsp3) is 0.516. The molecule has 10 heteroatoms. The molecule has 0 aliphatic carbocycles. The Morgan fingerprint density at radius 1 is 0.829 bits per heavy atom. The molecule has 4 N–H and O–H groups in total. The molecule has 0 saturated heterocycles. The molecular formula is C31H43NO9. The van der Waals surface area contributed by atoms with Gasteiger partial charge in [0.2, 0.25) is 0 Å². The molecule has 0 spiro atoms. The van der Waals surface area contributed by atoms with Crippen LogP contribution in [0.5, 0.6) is 0 Å². The molecule has 41 heavy (non-hydrogen) atoms. The third kappa shape index (κ3) is 10.2. The zero-order valence-electron chi connectivity index (χ0n) is 24.6. The Bertz CT molecular complexity index is 1110. The molecule has 0 bridgehead atoms. The number of rotatable bonds is 15. The predicted octanol–water partition coefficient (Wildman–Crippen LogP) is 3.96. The van der Waals surface area contributed by atoms with E-state index in [1.54, 1.807) is 24.5 Å². The first kappa shape index (κ1) is 33.9. The van der Waals surface area contributed by atoms with E-state index in [2.05, 4.69) is 9.47 Å². The van der Waals surface area contributed by atoms with Gasteiger partial charge in [-0.25, -0.2) is 0 Å². The van der Waals surface area contributed by atoms with Crippen LogP contribution in [-0.4, -0.2) is 76.0 Å². The molecule has 4 unspecified atom stereocenters. The van der Waals surface area contributed by atoms with Gasteiger partial charge in [-0.15, -0.1) is 0 Å². The highest BCUT2D eigenvalue weighted by Crippen LogP contribution is 2.38. The summed E-state index contributed by atoms with van der Waals surface area (Å²) in [6.07, 6.45) is 3.23. The molecule has 0 amide bonds. The van der Waals surface area contributed by atoms with Gasteiger partial charge in [0.25, 0.3) is 0 Å². The summed E-state index contributed by atoms with van der Waals surface area (Å²) in [4.78, 5) is 27.9. The van der Waals surface area contributed by atoms with E-state index >= 15 is 0 Å². The Morgan fingerprint density at radius 2 is 1.27 bits per heavy atom. The molecule has 0 aliphatic heterocycles. The average Bonchev–Trinajstić information content (AvgIpc) is 3.44. The van der Waals surface area contributed by atoms with E-state index in [0.29, 0.717) is 22.5 Å². The van der Waals surface area contributed by atoms with Crippen LogP contribution in [0.3, 0.4) is 0 Å². The molecule has 2 rings (SSSR count). The van der Waals surface area contributed by atoms with Crippen LogP contribution in [0.1, 0.15) is 87.7 Å². The van der Waals surface area contributed by atoms with Gasteiger partial charge in [-0.3, -0.25) is 14.6 Å². The second-order valence-corrected chi connectivity index (χ2v) is 10.6. The molecule has 2 aromatic heterocycles. The first-order valence-corrected chi connectivity index (χ1v) is 13.7. The molecule has 2 aromatic rings. The zero-order valence-corrected chi connectivity index (χ0v) is 24.6. The lowest BCUT2D eigenvalue weighted by molar-refractivity contribution is -0.144. The molecule has 2 heterocycles. The maximum atomic E-state index is 11.5. The minimum atomic E-state index is -1.08. The van der Waals surface area contributed by atoms with Gasteiger partial charge in [0.15, 0.2) is 0 Å². The summed E-state index contributed by atoms with van der Waals surface area (Å²) in [6.45, 7) is 8.03. The van der Waals surface area contributed by atoms with Crippen molar-refractivity contribution < 1.29 is 43.9 Å². The van der Waals surface area contributed by atoms with Crippen molar-refractivity contribution in [2.45, 2.75) is 89.6 Å². The van der Waals surface area contributed by atoms with Crippen molar-refractivity contribution in [3.8, 4) is 11.3 Å². The Morgan fingerprint density at radius 3 is 1.61 bits per heavy atom. The largest absolute Gasteiger partial charge is 0.469 e. The smallest absolute Gasteiger partial charge is 0.308 e. The summed E-state index contributed by atoms with van der Waals surface area (Å²) in [7, 11) is 2.47. The SMILES string of the molecule is COC(=O)CC(O)CC(O)/C=C/c1c(C(C)C)nc(C(C)C)c(/C=C/C(O)CC(O)CC(=O)OC)c1-c1ccco1. The van der Waals surface area contributed by atoms with Crippen LogP contribution in [0.2, 0.25) is 0 Å². The number of aliphatic hydroxyl groups is 4. The van der Waals surface area contributed by atoms with Crippen molar-refractivity contribution in [3.05, 3.63) is 53.1 Å². The minimum absolute atomic E-state index is 0.00000775. The van der Waals surface area contributed by atoms with Crippen LogP contribution in [0.25, 0.3) is 23.5 Å². The van der Waals surface area contributed by atoms with Crippen molar-refractivity contribution in [2.75, 3.05) is 14.2 Å². The lowest BCUT2D eigenvalue weighted by atomic mass is 9.88. The van der Waals surface area contributed by atoms with Gasteiger partial charge < -0.3 is 34.3 Å². The number of hydrogen-bond acceptors (Lipinski definition) is 10. The maximum absolute atomic E-state index is 11.5. The number of furan rings is 1. The summed E-state index contributed by atoms with van der Waals surface area (Å²) >= 11 is 0. The highest BCUT2D eigenvalue weighted by molar-refractivity contribution is 5.83. The molecule has 0 aromatic carbocycles. The van der Waals surface area contributed by atoms with Crippen LogP contribution < -0.4 is 0 Å². The Hall–Kier alpha value is -3.31. The van der Waals surface area contributed by atoms with Gasteiger partial charge >= 0.3 is 11.9 Å². The molecular weight excluding hydrogens is 530 g/mol. The third-order valence-electron chi connectivity index (χ3n) is 6.45. The first-order chi connectivity index (χ1) is 19.4. The molecule has 4 atom stereocenters. The number of aliphatic hydroxyl groups excluding tert-OH is 4. The molecule has 10 nitrogen and oxygen atoms in total. The van der Waals surface area contributed by atoms with Gasteiger partial charge in [0.05, 0.1) is 69.1 Å². The number of pyridine rings is 1. The van der Waals surface area contributed by atoms with Gasteiger partial charge in [0, 0.05) is 29.5 Å². The first-order valence-electron chi connectivity index (χ1n) is 13.7. The number of aromatic nitrogens is 1. The number of methoxy groups -OCH3 is 2. The Labute approximate surface area is 241 Å². The van der Waals surface area contributed by atoms with Crippen molar-refractivity contribution in [3.63, 3.8) is 0 Å². The maximum Gasteiger partial charge on any atom is 0.308 e. The van der Waals surface area contributed by atoms with Gasteiger partial charge in [0.1, 0.15) is 5.76 Å². The van der Waals surface area contributed by atoms with E-state index in [4.69, 9.17) is 9.40 Å². The molecule has 0 saturated carbocycles. The highest BCUT2D eigenvalue weighted by atomic mass is 16.5. The lowest BCUT2D eigenvalue weighted by Crippen LogP contribution is -2.20. The van der Waals surface area contributed by atoms with Gasteiger partial charge in [-0.1, -0.05) is 52.0 Å². The van der Waals surface area contributed by atoms with Crippen LogP contribution in [-0.2, 0) is 19.1 Å². The zero-order chi connectivity index (χ0) is 30.7. The summed E-state index contributed by atoms with van der Waals surface area (Å²) < 4.78 is 15.0. The Kier molecular flexibility index (Phi) is 13.4. The molecule has 0 aliphatic rings. The number of ether oxygens (including phenoxy) is 2. The van der Waals surface area contributed by atoms with E-state index in [-0.39, 0.29) is 37.5 Å². The summed E-state index contributed by atoms with van der Waals surface area (Å²) in [5, 5.41) is 41.6. The third-order valence-corrected chi connectivity index (χ3v) is 6.45. The second-order valence-electron chi connectivity index (χ2n) is 10.6. The monoisotopic (exact) mass is 573 g/mol. The number of esters is 2. The van der Waals surface area contributed by atoms with Crippen molar-refractivity contribution in [1.29, 1.82) is 0 Å².